The molecule has 1 atom stereocenters. The van der Waals surface area contributed by atoms with Gasteiger partial charge in [-0.15, -0.1) is 0 Å². The Morgan fingerprint density at radius 1 is 1.00 bits per heavy atom. The van der Waals surface area contributed by atoms with Gasteiger partial charge in [-0.25, -0.2) is 0 Å². The van der Waals surface area contributed by atoms with Crippen LogP contribution in [0.1, 0.15) is 60.0 Å². The summed E-state index contributed by atoms with van der Waals surface area (Å²) in [6, 6.07) is 7.02. The fraction of sp³-hybridized carbons (Fsp3) is 0.684. The van der Waals surface area contributed by atoms with E-state index in [1.165, 1.54) is 49.7 Å². The van der Waals surface area contributed by atoms with Crippen molar-refractivity contribution in [2.75, 3.05) is 0 Å². The molecule has 4 fully saturated rings. The van der Waals surface area contributed by atoms with Crippen LogP contribution in [-0.4, -0.2) is 0 Å². The molecule has 0 radical (unpaired) electrons. The first-order valence-corrected chi connectivity index (χ1v) is 9.18. The fourth-order valence-corrected chi connectivity index (χ4v) is 7.00. The maximum atomic E-state index is 4.15. The van der Waals surface area contributed by atoms with Crippen LogP contribution in [-0.2, 0) is 0 Å². The number of alkyl halides is 1. The molecule has 4 aliphatic rings. The molecule has 0 aromatic heterocycles. The monoisotopic (exact) mass is 332 g/mol. The topological polar surface area (TPSA) is 0 Å². The summed E-state index contributed by atoms with van der Waals surface area (Å²) in [5.74, 6) is 3.10. The van der Waals surface area contributed by atoms with E-state index < -0.39 is 0 Å². The Labute approximate surface area is 131 Å². The Balaban J connectivity index is 1.69. The van der Waals surface area contributed by atoms with E-state index in [0.29, 0.717) is 10.2 Å². The molecule has 108 valence electrons. The molecule has 4 bridgehead atoms. The van der Waals surface area contributed by atoms with Gasteiger partial charge in [0.05, 0.1) is 0 Å². The lowest BCUT2D eigenvalue weighted by Crippen LogP contribution is -2.47. The molecule has 0 amide bonds. The summed E-state index contributed by atoms with van der Waals surface area (Å²) in [6.45, 7) is 4.49. The number of rotatable bonds is 2. The van der Waals surface area contributed by atoms with Crippen molar-refractivity contribution < 1.29 is 0 Å². The van der Waals surface area contributed by atoms with E-state index in [1.807, 2.05) is 0 Å². The minimum Gasteiger partial charge on any atom is -0.0833 e. The Morgan fingerprint density at radius 2 is 1.55 bits per heavy atom. The fourth-order valence-electron chi connectivity index (χ4n) is 5.93. The molecule has 1 aromatic carbocycles. The van der Waals surface area contributed by atoms with Crippen LogP contribution >= 0.6 is 15.9 Å². The van der Waals surface area contributed by atoms with Gasteiger partial charge in [0.15, 0.2) is 0 Å². The average Bonchev–Trinajstić information content (AvgIpc) is 2.36. The van der Waals surface area contributed by atoms with Crippen LogP contribution in [0.15, 0.2) is 18.2 Å². The first-order chi connectivity index (χ1) is 9.56. The maximum absolute atomic E-state index is 4.15. The average molecular weight is 333 g/mol. The minimum atomic E-state index is 0.564. The standard InChI is InChI=1S/C19H25Br/c1-12-3-4-17(13(2)5-12)18(20)19-9-14-6-15(10-19)8-16(7-14)11-19/h3-5,14-16,18H,6-11H2,1-2H3. The molecule has 0 aliphatic heterocycles. The summed E-state index contributed by atoms with van der Waals surface area (Å²) in [7, 11) is 0. The maximum Gasteiger partial charge on any atom is 0.0454 e. The third-order valence-corrected chi connectivity index (χ3v) is 7.79. The predicted octanol–water partition coefficient (Wildman–Crippen LogP) is 5.96. The summed E-state index contributed by atoms with van der Waals surface area (Å²) in [5.41, 5.74) is 4.98. The highest BCUT2D eigenvalue weighted by Gasteiger charge is 2.54. The lowest BCUT2D eigenvalue weighted by atomic mass is 9.48. The second-order valence-electron chi connectivity index (χ2n) is 8.00. The highest BCUT2D eigenvalue weighted by Crippen LogP contribution is 2.66. The molecule has 0 N–H and O–H groups in total. The van der Waals surface area contributed by atoms with E-state index in [2.05, 4.69) is 48.0 Å². The van der Waals surface area contributed by atoms with Crippen molar-refractivity contribution in [1.82, 2.24) is 0 Å². The summed E-state index contributed by atoms with van der Waals surface area (Å²) in [5, 5.41) is 0. The summed E-state index contributed by atoms with van der Waals surface area (Å²) in [4.78, 5) is 0.573. The third kappa shape index (κ3) is 2.00. The van der Waals surface area contributed by atoms with Crippen LogP contribution in [0.5, 0.6) is 0 Å². The van der Waals surface area contributed by atoms with Crippen molar-refractivity contribution in [3.05, 3.63) is 34.9 Å². The predicted molar refractivity (Wildman–Crippen MR) is 88.2 cm³/mol. The van der Waals surface area contributed by atoms with Crippen LogP contribution in [0.2, 0.25) is 0 Å². The zero-order valence-corrected chi connectivity index (χ0v) is 14.2. The van der Waals surface area contributed by atoms with Gasteiger partial charge in [0.1, 0.15) is 0 Å². The molecule has 1 unspecified atom stereocenters. The lowest BCUT2D eigenvalue weighted by Gasteiger charge is -2.58. The molecule has 5 rings (SSSR count). The van der Waals surface area contributed by atoms with Gasteiger partial charge in [0, 0.05) is 4.83 Å². The largest absolute Gasteiger partial charge is 0.0833 e. The van der Waals surface area contributed by atoms with E-state index in [4.69, 9.17) is 0 Å². The minimum absolute atomic E-state index is 0.564. The summed E-state index contributed by atoms with van der Waals surface area (Å²) < 4.78 is 0. The smallest absolute Gasteiger partial charge is 0.0454 e. The molecule has 1 aromatic rings. The normalized spacial score (nSPS) is 40.0. The molecule has 0 spiro atoms. The van der Waals surface area contributed by atoms with Gasteiger partial charge in [0.25, 0.3) is 0 Å². The molecule has 4 aliphatic carbocycles. The number of hydrogen-bond acceptors (Lipinski definition) is 0. The van der Waals surface area contributed by atoms with E-state index >= 15 is 0 Å². The first-order valence-electron chi connectivity index (χ1n) is 8.27. The van der Waals surface area contributed by atoms with Crippen LogP contribution in [0, 0.1) is 37.0 Å². The first kappa shape index (κ1) is 13.4. The SMILES string of the molecule is Cc1ccc(C(Br)C23CC4CC(CC(C4)C2)C3)c(C)c1. The van der Waals surface area contributed by atoms with E-state index in [0.717, 1.165) is 17.8 Å². The second-order valence-corrected chi connectivity index (χ2v) is 8.92. The number of benzene rings is 1. The van der Waals surface area contributed by atoms with Gasteiger partial charge in [-0.05, 0) is 86.7 Å². The van der Waals surface area contributed by atoms with Gasteiger partial charge in [-0.2, -0.15) is 0 Å². The lowest BCUT2D eigenvalue weighted by molar-refractivity contribution is -0.0529. The van der Waals surface area contributed by atoms with Crippen molar-refractivity contribution in [3.63, 3.8) is 0 Å². The van der Waals surface area contributed by atoms with Crippen molar-refractivity contribution in [2.24, 2.45) is 23.2 Å². The molecular formula is C19H25Br. The van der Waals surface area contributed by atoms with Crippen molar-refractivity contribution in [2.45, 2.75) is 57.2 Å². The highest BCUT2D eigenvalue weighted by atomic mass is 79.9. The van der Waals surface area contributed by atoms with Crippen LogP contribution < -0.4 is 0 Å². The van der Waals surface area contributed by atoms with E-state index in [9.17, 15) is 0 Å². The van der Waals surface area contributed by atoms with Gasteiger partial charge < -0.3 is 0 Å². The molecule has 4 saturated carbocycles. The van der Waals surface area contributed by atoms with Gasteiger partial charge in [-0.1, -0.05) is 39.7 Å². The Kier molecular flexibility index (Phi) is 3.07. The van der Waals surface area contributed by atoms with E-state index in [-0.39, 0.29) is 0 Å². The molecular weight excluding hydrogens is 308 g/mol. The van der Waals surface area contributed by atoms with Crippen LogP contribution in [0.3, 0.4) is 0 Å². The zero-order valence-electron chi connectivity index (χ0n) is 12.7. The van der Waals surface area contributed by atoms with Crippen molar-refractivity contribution >= 4 is 15.9 Å². The Morgan fingerprint density at radius 3 is 2.05 bits per heavy atom. The molecule has 0 saturated heterocycles. The number of halogens is 1. The second kappa shape index (κ2) is 4.60. The Bertz CT molecular complexity index is 495. The van der Waals surface area contributed by atoms with Gasteiger partial charge in [-0.3, -0.25) is 0 Å². The Hall–Kier alpha value is -0.300. The molecule has 1 heteroatoms. The highest BCUT2D eigenvalue weighted by molar-refractivity contribution is 9.09. The summed E-state index contributed by atoms with van der Waals surface area (Å²) in [6.07, 6.45) is 9.02. The van der Waals surface area contributed by atoms with Crippen LogP contribution in [0.25, 0.3) is 0 Å². The zero-order chi connectivity index (χ0) is 13.9. The van der Waals surface area contributed by atoms with Gasteiger partial charge >= 0.3 is 0 Å². The molecule has 0 heterocycles. The molecule has 20 heavy (non-hydrogen) atoms. The number of aryl methyl sites for hydroxylation is 2. The van der Waals surface area contributed by atoms with E-state index in [1.54, 1.807) is 5.56 Å². The molecule has 0 nitrogen and oxygen atoms in total. The van der Waals surface area contributed by atoms with Crippen molar-refractivity contribution in [3.8, 4) is 0 Å². The number of hydrogen-bond donors (Lipinski definition) is 0. The van der Waals surface area contributed by atoms with Crippen LogP contribution in [0.4, 0.5) is 0 Å². The third-order valence-electron chi connectivity index (χ3n) is 6.32. The quantitative estimate of drug-likeness (QED) is 0.586. The van der Waals surface area contributed by atoms with Crippen molar-refractivity contribution in [1.29, 1.82) is 0 Å². The summed E-state index contributed by atoms with van der Waals surface area (Å²) >= 11 is 4.15. The van der Waals surface area contributed by atoms with Gasteiger partial charge in [0.2, 0.25) is 0 Å².